The molecular weight excluding hydrogens is 458 g/mol. The molecule has 0 fully saturated rings. The van der Waals surface area contributed by atoms with Crippen molar-refractivity contribution in [1.29, 1.82) is 0 Å². The highest BCUT2D eigenvalue weighted by molar-refractivity contribution is 7.15. The van der Waals surface area contributed by atoms with Gasteiger partial charge in [-0.25, -0.2) is 0 Å². The zero-order chi connectivity index (χ0) is 23.2. The van der Waals surface area contributed by atoms with E-state index in [9.17, 15) is 4.79 Å². The number of methoxy groups -OCH3 is 1. The number of ether oxygens (including phenoxy) is 2. The van der Waals surface area contributed by atoms with E-state index in [4.69, 9.17) is 21.1 Å². The summed E-state index contributed by atoms with van der Waals surface area (Å²) in [5.41, 5.74) is 1.46. The minimum Gasteiger partial charge on any atom is -0.493 e. The Balaban J connectivity index is 1.52. The van der Waals surface area contributed by atoms with Crippen molar-refractivity contribution in [3.8, 4) is 22.9 Å². The normalized spacial score (nSPS) is 11.9. The van der Waals surface area contributed by atoms with Gasteiger partial charge in [0.25, 0.3) is 5.56 Å². The highest BCUT2D eigenvalue weighted by Crippen LogP contribution is 2.28. The second kappa shape index (κ2) is 10.8. The van der Waals surface area contributed by atoms with E-state index in [1.165, 1.54) is 41.5 Å². The minimum atomic E-state index is -0.200. The maximum Gasteiger partial charge on any atom is 0.291 e. The topological polar surface area (TPSA) is 65.7 Å². The first kappa shape index (κ1) is 23.3. The van der Waals surface area contributed by atoms with E-state index in [-0.39, 0.29) is 5.56 Å². The molecule has 2 aromatic heterocycles. The van der Waals surface area contributed by atoms with Crippen molar-refractivity contribution in [3.05, 3.63) is 67.9 Å². The van der Waals surface area contributed by atoms with Crippen molar-refractivity contribution in [3.63, 3.8) is 0 Å². The molecule has 2 aromatic carbocycles. The molecule has 0 unspecified atom stereocenters. The molecule has 0 bridgehead atoms. The Kier molecular flexibility index (Phi) is 7.62. The van der Waals surface area contributed by atoms with Gasteiger partial charge in [-0.15, -0.1) is 5.10 Å². The number of fused-ring (bicyclic) bond motifs is 1. The number of rotatable bonds is 10. The van der Waals surface area contributed by atoms with Crippen LogP contribution in [0.3, 0.4) is 0 Å². The van der Waals surface area contributed by atoms with Gasteiger partial charge in [-0.3, -0.25) is 4.79 Å². The van der Waals surface area contributed by atoms with Crippen LogP contribution in [0.4, 0.5) is 0 Å². The molecule has 0 N–H and O–H groups in total. The molecule has 0 atom stereocenters. The minimum absolute atomic E-state index is 0.200. The van der Waals surface area contributed by atoms with Crippen LogP contribution in [-0.2, 0) is 0 Å². The predicted molar refractivity (Wildman–Crippen MR) is 134 cm³/mol. The van der Waals surface area contributed by atoms with Gasteiger partial charge in [0, 0.05) is 10.6 Å². The summed E-state index contributed by atoms with van der Waals surface area (Å²) >= 11 is 7.25. The quantitative estimate of drug-likeness (QED) is 0.283. The van der Waals surface area contributed by atoms with Crippen LogP contribution in [0.15, 0.2) is 47.3 Å². The largest absolute Gasteiger partial charge is 0.493 e. The number of hydrogen-bond donors (Lipinski definition) is 0. The van der Waals surface area contributed by atoms with E-state index >= 15 is 0 Å². The molecule has 2 heterocycles. The van der Waals surface area contributed by atoms with Crippen LogP contribution in [0.5, 0.6) is 11.5 Å². The maximum atomic E-state index is 12.9. The number of aromatic nitrogens is 3. The van der Waals surface area contributed by atoms with E-state index in [0.717, 1.165) is 17.5 Å². The molecule has 0 saturated carbocycles. The number of nitrogens with zero attached hydrogens (tertiary/aromatic N) is 3. The van der Waals surface area contributed by atoms with Crippen LogP contribution < -0.4 is 19.6 Å². The van der Waals surface area contributed by atoms with Gasteiger partial charge in [-0.1, -0.05) is 61.6 Å². The molecule has 172 valence electrons. The van der Waals surface area contributed by atoms with Gasteiger partial charge in [0.2, 0.25) is 4.96 Å². The highest BCUT2D eigenvalue weighted by atomic mass is 35.5. The number of thiazole rings is 1. The standard InChI is InChI=1S/C25H26ClN3O3S/c1-3-4-5-6-7-14-32-20-13-8-17(15-21(20)31-2)16-22-24(30)29-25(33-22)27-23(28-29)18-9-11-19(26)12-10-18/h8-13,15-16H,3-7,14H2,1-2H3/b22-16-. The number of unbranched alkanes of at least 4 members (excludes halogenated alkanes) is 4. The maximum absolute atomic E-state index is 12.9. The molecule has 0 aliphatic carbocycles. The summed E-state index contributed by atoms with van der Waals surface area (Å²) in [4.78, 5) is 17.9. The van der Waals surface area contributed by atoms with E-state index in [1.807, 2.05) is 36.4 Å². The Hall–Kier alpha value is -2.90. The Morgan fingerprint density at radius 2 is 1.85 bits per heavy atom. The van der Waals surface area contributed by atoms with Crippen LogP contribution in [-0.4, -0.2) is 28.3 Å². The molecule has 6 nitrogen and oxygen atoms in total. The monoisotopic (exact) mass is 483 g/mol. The van der Waals surface area contributed by atoms with Crippen LogP contribution in [0, 0.1) is 0 Å². The number of benzene rings is 2. The summed E-state index contributed by atoms with van der Waals surface area (Å²) < 4.78 is 13.3. The summed E-state index contributed by atoms with van der Waals surface area (Å²) in [6.45, 7) is 2.87. The Bertz CT molecular complexity index is 1330. The summed E-state index contributed by atoms with van der Waals surface area (Å²) in [6.07, 6.45) is 7.75. The molecule has 0 saturated heterocycles. The molecular formula is C25H26ClN3O3S. The van der Waals surface area contributed by atoms with Gasteiger partial charge in [0.15, 0.2) is 17.3 Å². The fourth-order valence-electron chi connectivity index (χ4n) is 3.49. The van der Waals surface area contributed by atoms with Gasteiger partial charge in [0.1, 0.15) is 0 Å². The third-order valence-corrected chi connectivity index (χ3v) is 6.49. The fraction of sp³-hybridized carbons (Fsp3) is 0.320. The van der Waals surface area contributed by atoms with Gasteiger partial charge in [-0.05, 0) is 54.5 Å². The highest BCUT2D eigenvalue weighted by Gasteiger charge is 2.12. The van der Waals surface area contributed by atoms with E-state index in [1.54, 1.807) is 19.2 Å². The first-order chi connectivity index (χ1) is 16.1. The third-order valence-electron chi connectivity index (χ3n) is 5.28. The van der Waals surface area contributed by atoms with Crippen molar-refractivity contribution in [2.45, 2.75) is 39.0 Å². The van der Waals surface area contributed by atoms with Crippen LogP contribution >= 0.6 is 22.9 Å². The molecule has 4 aromatic rings. The number of hydrogen-bond acceptors (Lipinski definition) is 6. The van der Waals surface area contributed by atoms with E-state index in [0.29, 0.717) is 38.4 Å². The summed E-state index contributed by atoms with van der Waals surface area (Å²) in [6, 6.07) is 12.9. The van der Waals surface area contributed by atoms with Gasteiger partial charge in [0.05, 0.1) is 18.2 Å². The molecule has 0 radical (unpaired) electrons. The average Bonchev–Trinajstić information content (AvgIpc) is 3.36. The lowest BCUT2D eigenvalue weighted by atomic mass is 10.1. The average molecular weight is 484 g/mol. The second-order valence-corrected chi connectivity index (χ2v) is 9.17. The Morgan fingerprint density at radius 3 is 2.58 bits per heavy atom. The Morgan fingerprint density at radius 1 is 1.06 bits per heavy atom. The van der Waals surface area contributed by atoms with Gasteiger partial charge >= 0.3 is 0 Å². The van der Waals surface area contributed by atoms with Crippen molar-refractivity contribution in [2.75, 3.05) is 13.7 Å². The summed E-state index contributed by atoms with van der Waals surface area (Å²) in [7, 11) is 1.62. The molecule has 0 aliphatic heterocycles. The number of halogens is 1. The van der Waals surface area contributed by atoms with Gasteiger partial charge < -0.3 is 9.47 Å². The van der Waals surface area contributed by atoms with Crippen molar-refractivity contribution >= 4 is 34.0 Å². The molecule has 0 amide bonds. The molecule has 8 heteroatoms. The summed E-state index contributed by atoms with van der Waals surface area (Å²) in [5, 5.41) is 5.02. The van der Waals surface area contributed by atoms with Crippen molar-refractivity contribution in [2.24, 2.45) is 0 Å². The zero-order valence-electron chi connectivity index (χ0n) is 18.7. The lowest BCUT2D eigenvalue weighted by molar-refractivity contribution is 0.285. The molecule has 4 rings (SSSR count). The van der Waals surface area contributed by atoms with Crippen molar-refractivity contribution in [1.82, 2.24) is 14.6 Å². The van der Waals surface area contributed by atoms with Crippen LogP contribution in [0.1, 0.15) is 44.6 Å². The summed E-state index contributed by atoms with van der Waals surface area (Å²) in [5.74, 6) is 1.86. The SMILES string of the molecule is CCCCCCCOc1ccc(/C=c2\sc3nc(-c4ccc(Cl)cc4)nn3c2=O)cc1OC. The van der Waals surface area contributed by atoms with Crippen LogP contribution in [0.25, 0.3) is 22.4 Å². The third kappa shape index (κ3) is 5.54. The predicted octanol–water partition coefficient (Wildman–Crippen LogP) is 5.38. The first-order valence-electron chi connectivity index (χ1n) is 11.1. The first-order valence-corrected chi connectivity index (χ1v) is 12.3. The fourth-order valence-corrected chi connectivity index (χ4v) is 4.52. The molecule has 33 heavy (non-hydrogen) atoms. The van der Waals surface area contributed by atoms with Gasteiger partial charge in [-0.2, -0.15) is 9.50 Å². The zero-order valence-corrected chi connectivity index (χ0v) is 20.3. The lowest BCUT2D eigenvalue weighted by Crippen LogP contribution is -2.23. The molecule has 0 aliphatic rings. The van der Waals surface area contributed by atoms with E-state index < -0.39 is 0 Å². The smallest absolute Gasteiger partial charge is 0.291 e. The van der Waals surface area contributed by atoms with Crippen molar-refractivity contribution < 1.29 is 9.47 Å². The lowest BCUT2D eigenvalue weighted by Gasteiger charge is -2.11. The Labute approximate surface area is 201 Å². The second-order valence-electron chi connectivity index (χ2n) is 7.73. The van der Waals surface area contributed by atoms with E-state index in [2.05, 4.69) is 17.0 Å². The molecule has 0 spiro atoms. The van der Waals surface area contributed by atoms with Crippen LogP contribution in [0.2, 0.25) is 5.02 Å².